The van der Waals surface area contributed by atoms with Crippen molar-refractivity contribution in [3.8, 4) is 0 Å². The van der Waals surface area contributed by atoms with Gasteiger partial charge in [0.25, 0.3) is 0 Å². The maximum Gasteiger partial charge on any atom is 0.243 e. The van der Waals surface area contributed by atoms with Crippen LogP contribution in [0, 0.1) is 13.8 Å². The van der Waals surface area contributed by atoms with Crippen LogP contribution in [0.2, 0.25) is 0 Å². The van der Waals surface area contributed by atoms with E-state index in [0.29, 0.717) is 49.1 Å². The fraction of sp³-hybridized carbons (Fsp3) is 0.444. The van der Waals surface area contributed by atoms with Gasteiger partial charge in [0.05, 0.1) is 18.0 Å². The summed E-state index contributed by atoms with van der Waals surface area (Å²) in [5, 5.41) is 6.63. The zero-order chi connectivity index (χ0) is 19.4. The molecule has 0 spiro atoms. The normalized spacial score (nSPS) is 16.4. The summed E-state index contributed by atoms with van der Waals surface area (Å²) in [4.78, 5) is 14.3. The highest BCUT2D eigenvalue weighted by Crippen LogP contribution is 2.18. The second-order valence-electron chi connectivity index (χ2n) is 6.70. The largest absolute Gasteiger partial charge is 0.361 e. The van der Waals surface area contributed by atoms with E-state index in [1.807, 2.05) is 11.8 Å². The number of carbonyl (C=O) groups is 1. The van der Waals surface area contributed by atoms with E-state index in [2.05, 4.69) is 10.5 Å². The third kappa shape index (κ3) is 4.94. The van der Waals surface area contributed by atoms with Gasteiger partial charge in [0.15, 0.2) is 0 Å². The quantitative estimate of drug-likeness (QED) is 0.785. The molecule has 27 heavy (non-hydrogen) atoms. The minimum absolute atomic E-state index is 0.120. The summed E-state index contributed by atoms with van der Waals surface area (Å²) in [5.41, 5.74) is 1.69. The molecular weight excluding hydrogens is 368 g/mol. The van der Waals surface area contributed by atoms with E-state index in [1.54, 1.807) is 37.3 Å². The second kappa shape index (κ2) is 8.20. The average Bonchev–Trinajstić information content (AvgIpc) is 3.06. The number of aryl methyl sites for hydroxylation is 2. The first-order chi connectivity index (χ1) is 12.8. The Hall–Kier alpha value is -2.23. The first-order valence-electron chi connectivity index (χ1n) is 8.82. The standard InChI is InChI=1S/C18H24N4O4S/c1-14-3-5-17(6-4-14)27(24,25)22-9-7-21(8-10-22)13-18(23)19-12-16-11-15(2)26-20-16/h3-6,11H,7-10,12-13H2,1-2H3,(H,19,23). The Morgan fingerprint density at radius 1 is 1.15 bits per heavy atom. The monoisotopic (exact) mass is 392 g/mol. The van der Waals surface area contributed by atoms with Crippen LogP contribution in [0.4, 0.5) is 0 Å². The number of sulfonamides is 1. The molecule has 1 aromatic heterocycles. The Kier molecular flexibility index (Phi) is 5.93. The molecule has 1 fully saturated rings. The molecule has 1 aliphatic heterocycles. The molecule has 0 atom stereocenters. The van der Waals surface area contributed by atoms with Crippen molar-refractivity contribution in [1.29, 1.82) is 0 Å². The molecule has 0 bridgehead atoms. The van der Waals surface area contributed by atoms with E-state index < -0.39 is 10.0 Å². The number of aromatic nitrogens is 1. The maximum atomic E-state index is 12.7. The maximum absolute atomic E-state index is 12.7. The molecule has 0 aliphatic carbocycles. The lowest BCUT2D eigenvalue weighted by atomic mass is 10.2. The number of piperazine rings is 1. The summed E-state index contributed by atoms with van der Waals surface area (Å²) in [6, 6.07) is 8.63. The molecule has 1 saturated heterocycles. The van der Waals surface area contributed by atoms with Crippen LogP contribution in [0.15, 0.2) is 39.8 Å². The summed E-state index contributed by atoms with van der Waals surface area (Å²) in [6.07, 6.45) is 0. The van der Waals surface area contributed by atoms with Gasteiger partial charge in [-0.3, -0.25) is 9.69 Å². The Balaban J connectivity index is 1.48. The first kappa shape index (κ1) is 19.5. The van der Waals surface area contributed by atoms with E-state index in [9.17, 15) is 13.2 Å². The summed E-state index contributed by atoms with van der Waals surface area (Å²) < 4.78 is 31.8. The van der Waals surface area contributed by atoms with E-state index in [4.69, 9.17) is 4.52 Å². The average molecular weight is 392 g/mol. The van der Waals surface area contributed by atoms with Gasteiger partial charge >= 0.3 is 0 Å². The minimum atomic E-state index is -3.49. The third-order valence-electron chi connectivity index (χ3n) is 4.50. The number of amides is 1. The van der Waals surface area contributed by atoms with Crippen LogP contribution in [-0.4, -0.2) is 61.4 Å². The fourth-order valence-electron chi connectivity index (χ4n) is 2.94. The van der Waals surface area contributed by atoms with Gasteiger partial charge in [-0.05, 0) is 26.0 Å². The van der Waals surface area contributed by atoms with Gasteiger partial charge in [-0.1, -0.05) is 22.9 Å². The predicted octanol–water partition coefficient (Wildman–Crippen LogP) is 0.914. The molecule has 9 heteroatoms. The van der Waals surface area contributed by atoms with Crippen LogP contribution in [0.1, 0.15) is 17.0 Å². The molecule has 2 heterocycles. The number of hydrogen-bond acceptors (Lipinski definition) is 6. The Bertz CT molecular complexity index is 884. The molecule has 8 nitrogen and oxygen atoms in total. The van der Waals surface area contributed by atoms with Crippen molar-refractivity contribution in [3.63, 3.8) is 0 Å². The minimum Gasteiger partial charge on any atom is -0.361 e. The molecule has 1 amide bonds. The zero-order valence-corrected chi connectivity index (χ0v) is 16.3. The number of nitrogens with one attached hydrogen (secondary N) is 1. The Morgan fingerprint density at radius 2 is 1.81 bits per heavy atom. The number of hydrogen-bond donors (Lipinski definition) is 1. The van der Waals surface area contributed by atoms with E-state index in [-0.39, 0.29) is 12.5 Å². The highest BCUT2D eigenvalue weighted by atomic mass is 32.2. The Labute approximate surface area is 159 Å². The lowest BCUT2D eigenvalue weighted by Crippen LogP contribution is -2.50. The SMILES string of the molecule is Cc1ccc(S(=O)(=O)N2CCN(CC(=O)NCc3cc(C)on3)CC2)cc1. The lowest BCUT2D eigenvalue weighted by Gasteiger charge is -2.33. The molecule has 0 saturated carbocycles. The van der Waals surface area contributed by atoms with Crippen molar-refractivity contribution in [3.05, 3.63) is 47.3 Å². The molecule has 146 valence electrons. The molecule has 1 aliphatic rings. The Morgan fingerprint density at radius 3 is 2.41 bits per heavy atom. The van der Waals surface area contributed by atoms with Gasteiger partial charge in [0.2, 0.25) is 15.9 Å². The summed E-state index contributed by atoms with van der Waals surface area (Å²) >= 11 is 0. The van der Waals surface area contributed by atoms with E-state index in [0.717, 1.165) is 5.56 Å². The van der Waals surface area contributed by atoms with Gasteiger partial charge in [-0.25, -0.2) is 8.42 Å². The van der Waals surface area contributed by atoms with E-state index >= 15 is 0 Å². The molecular formula is C18H24N4O4S. The molecule has 3 rings (SSSR count). The van der Waals surface area contributed by atoms with Crippen molar-refractivity contribution < 1.29 is 17.7 Å². The summed E-state index contributed by atoms with van der Waals surface area (Å²) in [5.74, 6) is 0.579. The second-order valence-corrected chi connectivity index (χ2v) is 8.64. The van der Waals surface area contributed by atoms with Crippen LogP contribution in [0.3, 0.4) is 0 Å². The highest BCUT2D eigenvalue weighted by molar-refractivity contribution is 7.89. The number of benzene rings is 1. The van der Waals surface area contributed by atoms with Gasteiger partial charge in [0.1, 0.15) is 11.5 Å². The molecule has 0 unspecified atom stereocenters. The van der Waals surface area contributed by atoms with Gasteiger partial charge < -0.3 is 9.84 Å². The van der Waals surface area contributed by atoms with Crippen molar-refractivity contribution in [1.82, 2.24) is 19.7 Å². The van der Waals surface area contributed by atoms with Crippen LogP contribution in [0.25, 0.3) is 0 Å². The molecule has 1 N–H and O–H groups in total. The number of rotatable bonds is 6. The van der Waals surface area contributed by atoms with Crippen molar-refractivity contribution >= 4 is 15.9 Å². The van der Waals surface area contributed by atoms with Gasteiger partial charge in [-0.2, -0.15) is 4.31 Å². The molecule has 0 radical (unpaired) electrons. The van der Waals surface area contributed by atoms with Crippen LogP contribution >= 0.6 is 0 Å². The van der Waals surface area contributed by atoms with Crippen LogP contribution in [-0.2, 0) is 21.4 Å². The smallest absolute Gasteiger partial charge is 0.243 e. The van der Waals surface area contributed by atoms with Crippen molar-refractivity contribution in [2.75, 3.05) is 32.7 Å². The van der Waals surface area contributed by atoms with Crippen LogP contribution in [0.5, 0.6) is 0 Å². The molecule has 1 aromatic carbocycles. The van der Waals surface area contributed by atoms with Crippen molar-refractivity contribution in [2.24, 2.45) is 0 Å². The number of carbonyl (C=O) groups excluding carboxylic acids is 1. The van der Waals surface area contributed by atoms with Gasteiger partial charge in [-0.15, -0.1) is 0 Å². The topological polar surface area (TPSA) is 95.8 Å². The fourth-order valence-corrected chi connectivity index (χ4v) is 4.36. The third-order valence-corrected chi connectivity index (χ3v) is 6.41. The lowest BCUT2D eigenvalue weighted by molar-refractivity contribution is -0.122. The predicted molar refractivity (Wildman–Crippen MR) is 99.5 cm³/mol. The highest BCUT2D eigenvalue weighted by Gasteiger charge is 2.28. The molecule has 2 aromatic rings. The van der Waals surface area contributed by atoms with E-state index in [1.165, 1.54) is 4.31 Å². The van der Waals surface area contributed by atoms with Crippen molar-refractivity contribution in [2.45, 2.75) is 25.3 Å². The zero-order valence-electron chi connectivity index (χ0n) is 15.5. The number of nitrogens with zero attached hydrogens (tertiary/aromatic N) is 3. The summed E-state index contributed by atoms with van der Waals surface area (Å²) in [7, 11) is -3.49. The summed E-state index contributed by atoms with van der Waals surface area (Å²) in [6.45, 7) is 6.03. The van der Waals surface area contributed by atoms with Gasteiger partial charge in [0, 0.05) is 32.2 Å². The first-order valence-corrected chi connectivity index (χ1v) is 10.3. The van der Waals surface area contributed by atoms with Crippen LogP contribution < -0.4 is 5.32 Å².